The molecule has 0 aromatic carbocycles. The molecule has 96 valence electrons. The molecule has 0 bridgehead atoms. The third kappa shape index (κ3) is 3.54. The fourth-order valence-electron chi connectivity index (χ4n) is 2.21. The number of nitrogens with one attached hydrogen (secondary N) is 1. The lowest BCUT2D eigenvalue weighted by atomic mass is 10.4. The molecule has 6 heteroatoms. The van der Waals surface area contributed by atoms with E-state index in [1.165, 1.54) is 0 Å². The Bertz CT molecular complexity index is 422. The van der Waals surface area contributed by atoms with Crippen LogP contribution in [0.3, 0.4) is 0 Å². The smallest absolute Gasteiger partial charge is 0.214 e. The SMILES string of the molecule is O=S(=O)(NCCCn1ccnc1)C1CCCC1. The molecule has 1 saturated carbocycles. The maximum atomic E-state index is 11.9. The zero-order valence-electron chi connectivity index (χ0n) is 9.88. The lowest BCUT2D eigenvalue weighted by Crippen LogP contribution is -2.33. The van der Waals surface area contributed by atoms with Gasteiger partial charge in [-0.25, -0.2) is 18.1 Å². The van der Waals surface area contributed by atoms with Gasteiger partial charge < -0.3 is 4.57 Å². The number of hydrogen-bond donors (Lipinski definition) is 1. The second-order valence-corrected chi connectivity index (χ2v) is 6.55. The first kappa shape index (κ1) is 12.6. The second kappa shape index (κ2) is 5.64. The maximum absolute atomic E-state index is 11.9. The van der Waals surface area contributed by atoms with Gasteiger partial charge in [-0.05, 0) is 19.3 Å². The van der Waals surface area contributed by atoms with E-state index < -0.39 is 10.0 Å². The molecule has 1 fully saturated rings. The summed E-state index contributed by atoms with van der Waals surface area (Å²) < 4.78 is 28.4. The van der Waals surface area contributed by atoms with E-state index in [9.17, 15) is 8.42 Å². The molecule has 1 aliphatic rings. The molecule has 0 radical (unpaired) electrons. The largest absolute Gasteiger partial charge is 0.337 e. The van der Waals surface area contributed by atoms with Crippen LogP contribution in [0.4, 0.5) is 0 Å². The molecule has 1 heterocycles. The number of rotatable bonds is 6. The Balaban J connectivity index is 1.70. The number of aromatic nitrogens is 2. The van der Waals surface area contributed by atoms with Crippen molar-refractivity contribution < 1.29 is 8.42 Å². The summed E-state index contributed by atoms with van der Waals surface area (Å²) in [5.41, 5.74) is 0. The average Bonchev–Trinajstić information content (AvgIpc) is 2.97. The monoisotopic (exact) mass is 257 g/mol. The molecule has 1 aliphatic carbocycles. The van der Waals surface area contributed by atoms with Crippen LogP contribution in [0.2, 0.25) is 0 Å². The van der Waals surface area contributed by atoms with Crippen LogP contribution in [0.1, 0.15) is 32.1 Å². The van der Waals surface area contributed by atoms with Gasteiger partial charge in [0, 0.05) is 25.5 Å². The Morgan fingerprint density at radius 1 is 1.35 bits per heavy atom. The summed E-state index contributed by atoms with van der Waals surface area (Å²) in [5, 5.41) is -0.157. The first-order valence-corrected chi connectivity index (χ1v) is 7.67. The van der Waals surface area contributed by atoms with E-state index in [0.29, 0.717) is 6.54 Å². The predicted octanol–water partition coefficient (Wildman–Crippen LogP) is 1.14. The quantitative estimate of drug-likeness (QED) is 0.777. The Labute approximate surface area is 102 Å². The Morgan fingerprint density at radius 2 is 2.12 bits per heavy atom. The molecule has 0 atom stereocenters. The van der Waals surface area contributed by atoms with Crippen molar-refractivity contribution in [2.24, 2.45) is 0 Å². The van der Waals surface area contributed by atoms with Gasteiger partial charge in [-0.15, -0.1) is 0 Å². The summed E-state index contributed by atoms with van der Waals surface area (Å²) in [4.78, 5) is 3.94. The number of aryl methyl sites for hydroxylation is 1. The molecular weight excluding hydrogens is 238 g/mol. The minimum Gasteiger partial charge on any atom is -0.337 e. The van der Waals surface area contributed by atoms with Gasteiger partial charge in [0.1, 0.15) is 0 Å². The van der Waals surface area contributed by atoms with Gasteiger partial charge in [0.2, 0.25) is 10.0 Å². The lowest BCUT2D eigenvalue weighted by Gasteiger charge is -2.12. The summed E-state index contributed by atoms with van der Waals surface area (Å²) in [5.74, 6) is 0. The van der Waals surface area contributed by atoms with E-state index in [1.54, 1.807) is 12.5 Å². The Morgan fingerprint density at radius 3 is 2.76 bits per heavy atom. The van der Waals surface area contributed by atoms with Crippen LogP contribution >= 0.6 is 0 Å². The molecule has 0 unspecified atom stereocenters. The zero-order chi connectivity index (χ0) is 12.1. The molecule has 1 aromatic rings. The van der Waals surface area contributed by atoms with Crippen LogP contribution in [0, 0.1) is 0 Å². The highest BCUT2D eigenvalue weighted by Crippen LogP contribution is 2.23. The third-order valence-electron chi connectivity index (χ3n) is 3.20. The van der Waals surface area contributed by atoms with Gasteiger partial charge >= 0.3 is 0 Å². The van der Waals surface area contributed by atoms with Gasteiger partial charge in [0.25, 0.3) is 0 Å². The molecule has 5 nitrogen and oxygen atoms in total. The van der Waals surface area contributed by atoms with Gasteiger partial charge in [0.15, 0.2) is 0 Å². The predicted molar refractivity (Wildman–Crippen MR) is 66.0 cm³/mol. The zero-order valence-corrected chi connectivity index (χ0v) is 10.7. The topological polar surface area (TPSA) is 64.0 Å². The highest BCUT2D eigenvalue weighted by atomic mass is 32.2. The fraction of sp³-hybridized carbons (Fsp3) is 0.727. The minimum absolute atomic E-state index is 0.157. The van der Waals surface area contributed by atoms with Crippen molar-refractivity contribution in [3.8, 4) is 0 Å². The Hall–Kier alpha value is -0.880. The summed E-state index contributed by atoms with van der Waals surface area (Å²) in [6, 6.07) is 0. The molecule has 2 rings (SSSR count). The lowest BCUT2D eigenvalue weighted by molar-refractivity contribution is 0.555. The van der Waals surface area contributed by atoms with Crippen molar-refractivity contribution in [1.29, 1.82) is 0 Å². The maximum Gasteiger partial charge on any atom is 0.214 e. The van der Waals surface area contributed by atoms with Crippen LogP contribution in [0.15, 0.2) is 18.7 Å². The van der Waals surface area contributed by atoms with Crippen LogP contribution in [0.25, 0.3) is 0 Å². The summed E-state index contributed by atoms with van der Waals surface area (Å²) >= 11 is 0. The number of sulfonamides is 1. The highest BCUT2D eigenvalue weighted by molar-refractivity contribution is 7.90. The van der Waals surface area contributed by atoms with Crippen LogP contribution < -0.4 is 4.72 Å². The molecule has 0 amide bonds. The van der Waals surface area contributed by atoms with Crippen molar-refractivity contribution in [3.05, 3.63) is 18.7 Å². The van der Waals surface area contributed by atoms with E-state index in [-0.39, 0.29) is 5.25 Å². The van der Waals surface area contributed by atoms with E-state index >= 15 is 0 Å². The van der Waals surface area contributed by atoms with Crippen molar-refractivity contribution in [2.45, 2.75) is 43.9 Å². The van der Waals surface area contributed by atoms with Crippen molar-refractivity contribution in [1.82, 2.24) is 14.3 Å². The van der Waals surface area contributed by atoms with Gasteiger partial charge in [-0.2, -0.15) is 0 Å². The van der Waals surface area contributed by atoms with Crippen LogP contribution in [-0.4, -0.2) is 29.8 Å². The number of nitrogens with zero attached hydrogens (tertiary/aromatic N) is 2. The molecular formula is C11H19N3O2S. The summed E-state index contributed by atoms with van der Waals surface area (Å²) in [6.45, 7) is 1.31. The highest BCUT2D eigenvalue weighted by Gasteiger charge is 2.27. The normalized spacial score (nSPS) is 17.6. The number of imidazole rings is 1. The first-order valence-electron chi connectivity index (χ1n) is 6.13. The van der Waals surface area contributed by atoms with Gasteiger partial charge in [0.05, 0.1) is 11.6 Å². The molecule has 17 heavy (non-hydrogen) atoms. The van der Waals surface area contributed by atoms with Crippen LogP contribution in [-0.2, 0) is 16.6 Å². The molecule has 1 N–H and O–H groups in total. The first-order chi connectivity index (χ1) is 8.18. The second-order valence-electron chi connectivity index (χ2n) is 4.50. The van der Waals surface area contributed by atoms with Gasteiger partial charge in [-0.1, -0.05) is 12.8 Å². The summed E-state index contributed by atoms with van der Waals surface area (Å²) in [6.07, 6.45) is 9.86. The molecule has 0 aliphatic heterocycles. The Kier molecular flexibility index (Phi) is 4.17. The standard InChI is InChI=1S/C11H19N3O2S/c15-17(16,11-4-1-2-5-11)13-6-3-8-14-9-7-12-10-14/h7,9-11,13H,1-6,8H2. The van der Waals surface area contributed by atoms with E-state index in [1.807, 2.05) is 10.8 Å². The molecule has 1 aromatic heterocycles. The van der Waals surface area contributed by atoms with E-state index in [0.717, 1.165) is 38.6 Å². The van der Waals surface area contributed by atoms with Crippen molar-refractivity contribution in [2.75, 3.05) is 6.54 Å². The van der Waals surface area contributed by atoms with E-state index in [4.69, 9.17) is 0 Å². The van der Waals surface area contributed by atoms with Gasteiger partial charge in [-0.3, -0.25) is 0 Å². The third-order valence-corrected chi connectivity index (χ3v) is 5.15. The number of hydrogen-bond acceptors (Lipinski definition) is 3. The van der Waals surface area contributed by atoms with Crippen molar-refractivity contribution >= 4 is 10.0 Å². The molecule has 0 spiro atoms. The summed E-state index contributed by atoms with van der Waals surface area (Å²) in [7, 11) is -3.08. The average molecular weight is 257 g/mol. The minimum atomic E-state index is -3.08. The molecule has 0 saturated heterocycles. The van der Waals surface area contributed by atoms with E-state index in [2.05, 4.69) is 9.71 Å². The van der Waals surface area contributed by atoms with Crippen LogP contribution in [0.5, 0.6) is 0 Å². The van der Waals surface area contributed by atoms with Crippen molar-refractivity contribution in [3.63, 3.8) is 0 Å². The fourth-order valence-corrected chi connectivity index (χ4v) is 3.83.